The Morgan fingerprint density at radius 1 is 1.26 bits per heavy atom. The molecule has 14 nitrogen and oxygen atoms in total. The topological polar surface area (TPSA) is 186 Å². The Bertz CT molecular complexity index is 1240. The lowest BCUT2D eigenvalue weighted by Gasteiger charge is -2.52. The maximum Gasteiger partial charge on any atom is 0.512 e. The van der Waals surface area contributed by atoms with E-state index in [1.807, 2.05) is 0 Å². The van der Waals surface area contributed by atoms with Gasteiger partial charge in [0.1, 0.15) is 6.04 Å². The highest BCUT2D eigenvalue weighted by Gasteiger charge is 2.64. The molecular weight excluding hydrogens is 468 g/mol. The standard InChI is InChI=1S/C19H18N8O6S/c1-25-18(22-23-24-25)34-13-10-6-7-26(12-11(10)27(15(12)29)16(13)33-19(31)32)17(30)21-9-4-2-8(3-5-9)14(20)28/h2-5,10-12H,6-7H2,1H3,(H2,20,28)(H,21,30)(H,31,32)/t10?,11-,12+/m1/s1. The number of nitrogens with one attached hydrogen (secondary N) is 1. The van der Waals surface area contributed by atoms with Crippen LogP contribution in [0.1, 0.15) is 16.8 Å². The molecule has 0 bridgehead atoms. The second kappa shape index (κ2) is 8.02. The van der Waals surface area contributed by atoms with Crippen LogP contribution in [0, 0.1) is 5.92 Å². The van der Waals surface area contributed by atoms with Gasteiger partial charge in [0, 0.05) is 30.8 Å². The van der Waals surface area contributed by atoms with E-state index in [2.05, 4.69) is 20.8 Å². The SMILES string of the molecule is Cn1nnnc1SC1=C(OC(=O)O)N2C(=O)[C@@H]3[C@H]2C1CCN3C(=O)Nc1ccc(C(N)=O)cc1. The van der Waals surface area contributed by atoms with Crippen molar-refractivity contribution >= 4 is 41.5 Å². The number of urea groups is 1. The first-order chi connectivity index (χ1) is 16.3. The number of aromatic nitrogens is 4. The number of nitrogens with two attached hydrogens (primary N) is 1. The van der Waals surface area contributed by atoms with Crippen molar-refractivity contribution in [1.29, 1.82) is 0 Å². The summed E-state index contributed by atoms with van der Waals surface area (Å²) in [6, 6.07) is 4.35. The van der Waals surface area contributed by atoms with Crippen molar-refractivity contribution in [2.75, 3.05) is 11.9 Å². The lowest BCUT2D eigenvalue weighted by Crippen LogP contribution is -2.73. The van der Waals surface area contributed by atoms with Crippen LogP contribution in [0.4, 0.5) is 15.3 Å². The fourth-order valence-corrected chi connectivity index (χ4v) is 5.53. The lowest BCUT2D eigenvalue weighted by atomic mass is 9.81. The first kappa shape index (κ1) is 21.7. The molecular formula is C19H18N8O6S. The monoisotopic (exact) mass is 486 g/mol. The molecule has 2 fully saturated rings. The number of likely N-dealkylation sites (tertiary alicyclic amines) is 1. The summed E-state index contributed by atoms with van der Waals surface area (Å²) in [6.07, 6.45) is -1.08. The van der Waals surface area contributed by atoms with Gasteiger partial charge in [-0.15, -0.1) is 5.10 Å². The molecule has 0 radical (unpaired) electrons. The van der Waals surface area contributed by atoms with Crippen molar-refractivity contribution in [3.8, 4) is 0 Å². The van der Waals surface area contributed by atoms with Gasteiger partial charge in [0.15, 0.2) is 0 Å². The molecule has 4 N–H and O–H groups in total. The number of tetrazole rings is 1. The van der Waals surface area contributed by atoms with Crippen LogP contribution in [0.5, 0.6) is 0 Å². The number of carbonyl (C=O) groups is 4. The quantitative estimate of drug-likeness (QED) is 0.395. The van der Waals surface area contributed by atoms with E-state index in [0.29, 0.717) is 27.7 Å². The highest BCUT2D eigenvalue weighted by Crippen LogP contribution is 2.53. The van der Waals surface area contributed by atoms with Crippen molar-refractivity contribution in [2.24, 2.45) is 18.7 Å². The van der Waals surface area contributed by atoms with Crippen LogP contribution in [-0.2, 0) is 16.6 Å². The fourth-order valence-electron chi connectivity index (χ4n) is 4.45. The molecule has 5 rings (SSSR count). The summed E-state index contributed by atoms with van der Waals surface area (Å²) in [6.45, 7) is 0.262. The number of aryl methyl sites for hydroxylation is 1. The number of thioether (sulfide) groups is 1. The third-order valence-corrected chi connectivity index (χ3v) is 7.18. The van der Waals surface area contributed by atoms with Crippen LogP contribution in [-0.4, -0.2) is 77.7 Å². The van der Waals surface area contributed by atoms with Gasteiger partial charge >= 0.3 is 12.2 Å². The molecule has 1 unspecified atom stereocenters. The van der Waals surface area contributed by atoms with E-state index in [0.717, 1.165) is 11.8 Å². The molecule has 0 saturated carbocycles. The number of carboxylic acid groups (broad SMARTS) is 1. The molecule has 176 valence electrons. The molecule has 4 heterocycles. The van der Waals surface area contributed by atoms with Crippen molar-refractivity contribution < 1.29 is 29.0 Å². The zero-order valence-electron chi connectivity index (χ0n) is 17.6. The molecule has 15 heteroatoms. The fraction of sp³-hybridized carbons (Fsp3) is 0.316. The van der Waals surface area contributed by atoms with E-state index in [1.54, 1.807) is 19.2 Å². The Kier molecular flexibility index (Phi) is 5.11. The number of carbonyl (C=O) groups excluding carboxylic acids is 3. The molecule has 3 atom stereocenters. The van der Waals surface area contributed by atoms with Gasteiger partial charge in [-0.25, -0.2) is 14.3 Å². The zero-order chi connectivity index (χ0) is 24.1. The smallest absolute Gasteiger partial charge is 0.449 e. The number of amides is 4. The second-order valence-corrected chi connectivity index (χ2v) is 8.84. The number of piperidine rings is 1. The molecule has 4 amide bonds. The third kappa shape index (κ3) is 3.40. The average molecular weight is 486 g/mol. The Morgan fingerprint density at radius 2 is 2.00 bits per heavy atom. The zero-order valence-corrected chi connectivity index (χ0v) is 18.4. The molecule has 0 aliphatic carbocycles. The summed E-state index contributed by atoms with van der Waals surface area (Å²) in [7, 11) is 1.64. The normalized spacial score (nSPS) is 22.9. The van der Waals surface area contributed by atoms with Crippen LogP contribution >= 0.6 is 11.8 Å². The van der Waals surface area contributed by atoms with Crippen LogP contribution in [0.3, 0.4) is 0 Å². The molecule has 1 aromatic heterocycles. The van der Waals surface area contributed by atoms with Gasteiger partial charge in [0.2, 0.25) is 16.9 Å². The van der Waals surface area contributed by atoms with E-state index in [-0.39, 0.29) is 18.3 Å². The van der Waals surface area contributed by atoms with Gasteiger partial charge in [0.25, 0.3) is 5.91 Å². The molecule has 0 spiro atoms. The number of nitrogens with zero attached hydrogens (tertiary/aromatic N) is 6. The Morgan fingerprint density at radius 3 is 2.62 bits per heavy atom. The Labute approximate surface area is 195 Å². The first-order valence-corrected chi connectivity index (χ1v) is 10.9. The summed E-state index contributed by atoms with van der Waals surface area (Å²) in [5, 5.41) is 23.6. The van der Waals surface area contributed by atoms with Crippen molar-refractivity contribution in [3.05, 3.63) is 40.6 Å². The number of primary amides is 1. The predicted octanol–water partition coefficient (Wildman–Crippen LogP) is 0.412. The van der Waals surface area contributed by atoms with Crippen LogP contribution in [0.15, 0.2) is 40.2 Å². The van der Waals surface area contributed by atoms with E-state index in [9.17, 15) is 24.3 Å². The highest BCUT2D eigenvalue weighted by molar-refractivity contribution is 8.03. The minimum atomic E-state index is -1.55. The summed E-state index contributed by atoms with van der Waals surface area (Å²) in [5.41, 5.74) is 5.97. The maximum atomic E-state index is 13.0. The average Bonchev–Trinajstić information content (AvgIpc) is 3.32. The number of ether oxygens (including phenoxy) is 1. The number of hydrogen-bond acceptors (Lipinski definition) is 9. The molecule has 2 saturated heterocycles. The highest BCUT2D eigenvalue weighted by atomic mass is 32.2. The number of β-lactam (4-membered cyclic amide) rings is 1. The van der Waals surface area contributed by atoms with E-state index < -0.39 is 36.1 Å². The number of anilines is 1. The van der Waals surface area contributed by atoms with Crippen LogP contribution in [0.25, 0.3) is 0 Å². The van der Waals surface area contributed by atoms with Crippen molar-refractivity contribution in [2.45, 2.75) is 23.7 Å². The third-order valence-electron chi connectivity index (χ3n) is 5.96. The number of hydrogen-bond donors (Lipinski definition) is 3. The number of rotatable bonds is 5. The van der Waals surface area contributed by atoms with E-state index in [4.69, 9.17) is 10.5 Å². The summed E-state index contributed by atoms with van der Waals surface area (Å²) < 4.78 is 6.42. The summed E-state index contributed by atoms with van der Waals surface area (Å²) in [5.74, 6) is -1.32. The Hall–Kier alpha value is -4.14. The molecule has 3 aliphatic heterocycles. The van der Waals surface area contributed by atoms with Gasteiger partial charge in [-0.05, 0) is 52.9 Å². The predicted molar refractivity (Wildman–Crippen MR) is 114 cm³/mol. The minimum absolute atomic E-state index is 0.0685. The minimum Gasteiger partial charge on any atom is -0.449 e. The molecule has 2 aromatic rings. The number of benzene rings is 1. The molecule has 3 aliphatic rings. The Balaban J connectivity index is 1.37. The van der Waals surface area contributed by atoms with Gasteiger partial charge in [0.05, 0.1) is 10.9 Å². The first-order valence-electron chi connectivity index (χ1n) is 10.1. The van der Waals surface area contributed by atoms with E-state index in [1.165, 1.54) is 26.6 Å². The second-order valence-electron chi connectivity index (χ2n) is 7.83. The van der Waals surface area contributed by atoms with Gasteiger partial charge in [-0.1, -0.05) is 0 Å². The van der Waals surface area contributed by atoms with Gasteiger partial charge in [-0.3, -0.25) is 14.5 Å². The molecule has 34 heavy (non-hydrogen) atoms. The van der Waals surface area contributed by atoms with E-state index >= 15 is 0 Å². The summed E-state index contributed by atoms with van der Waals surface area (Å²) >= 11 is 1.14. The van der Waals surface area contributed by atoms with Crippen LogP contribution < -0.4 is 11.1 Å². The van der Waals surface area contributed by atoms with Gasteiger partial charge in [-0.2, -0.15) is 0 Å². The van der Waals surface area contributed by atoms with Crippen molar-refractivity contribution in [1.82, 2.24) is 30.0 Å². The maximum absolute atomic E-state index is 13.0. The van der Waals surface area contributed by atoms with Crippen LogP contribution in [0.2, 0.25) is 0 Å². The van der Waals surface area contributed by atoms with Crippen molar-refractivity contribution in [3.63, 3.8) is 0 Å². The van der Waals surface area contributed by atoms with Gasteiger partial charge < -0.3 is 25.8 Å². The molecule has 1 aromatic carbocycles. The summed E-state index contributed by atoms with van der Waals surface area (Å²) in [4.78, 5) is 51.8. The lowest BCUT2D eigenvalue weighted by molar-refractivity contribution is -0.159. The largest absolute Gasteiger partial charge is 0.512 e.